The van der Waals surface area contributed by atoms with E-state index in [-0.39, 0.29) is 23.9 Å². The Hall–Kier alpha value is -1.70. The molecule has 0 heterocycles. The number of amides is 2. The second-order valence-corrected chi connectivity index (χ2v) is 6.19. The van der Waals surface area contributed by atoms with Gasteiger partial charge in [-0.05, 0) is 18.3 Å². The molecule has 5 nitrogen and oxygen atoms in total. The lowest BCUT2D eigenvalue weighted by Gasteiger charge is -2.26. The highest BCUT2D eigenvalue weighted by molar-refractivity contribution is 5.76. The van der Waals surface area contributed by atoms with Crippen molar-refractivity contribution in [3.8, 4) is 12.3 Å². The van der Waals surface area contributed by atoms with Crippen molar-refractivity contribution in [2.45, 2.75) is 65.5 Å². The number of aliphatic carboxylic acids is 1. The molecule has 5 heteroatoms. The summed E-state index contributed by atoms with van der Waals surface area (Å²) < 4.78 is 0. The van der Waals surface area contributed by atoms with Crippen LogP contribution in [-0.4, -0.2) is 29.2 Å². The average Bonchev–Trinajstić information content (AvgIpc) is 2.24. The first-order valence-corrected chi connectivity index (χ1v) is 6.90. The van der Waals surface area contributed by atoms with Crippen LogP contribution in [0.3, 0.4) is 0 Å². The van der Waals surface area contributed by atoms with Gasteiger partial charge in [-0.2, -0.15) is 0 Å². The number of rotatable bonds is 7. The van der Waals surface area contributed by atoms with Crippen LogP contribution in [0, 0.1) is 17.8 Å². The van der Waals surface area contributed by atoms with Gasteiger partial charge < -0.3 is 15.7 Å². The Balaban J connectivity index is 4.52. The van der Waals surface area contributed by atoms with Crippen LogP contribution in [0.1, 0.15) is 53.4 Å². The van der Waals surface area contributed by atoms with Crippen LogP contribution in [0.25, 0.3) is 0 Å². The minimum atomic E-state index is -0.921. The maximum absolute atomic E-state index is 11.9. The van der Waals surface area contributed by atoms with Gasteiger partial charge in [-0.3, -0.25) is 4.79 Å². The zero-order chi connectivity index (χ0) is 15.8. The van der Waals surface area contributed by atoms with Crippen molar-refractivity contribution >= 4 is 12.0 Å². The van der Waals surface area contributed by atoms with E-state index in [1.54, 1.807) is 0 Å². The van der Waals surface area contributed by atoms with Crippen molar-refractivity contribution in [3.63, 3.8) is 0 Å². The quantitative estimate of drug-likeness (QED) is 0.627. The van der Waals surface area contributed by atoms with Gasteiger partial charge in [0, 0.05) is 18.5 Å². The number of hydrogen-bond donors (Lipinski definition) is 3. The molecule has 20 heavy (non-hydrogen) atoms. The molecule has 2 unspecified atom stereocenters. The van der Waals surface area contributed by atoms with E-state index >= 15 is 0 Å². The van der Waals surface area contributed by atoms with Crippen LogP contribution < -0.4 is 10.6 Å². The van der Waals surface area contributed by atoms with Crippen molar-refractivity contribution in [3.05, 3.63) is 0 Å². The number of terminal acetylenes is 1. The molecule has 0 spiro atoms. The first-order chi connectivity index (χ1) is 9.17. The van der Waals surface area contributed by atoms with E-state index in [0.29, 0.717) is 12.8 Å². The fourth-order valence-corrected chi connectivity index (χ4v) is 1.98. The molecule has 0 rings (SSSR count). The molecule has 2 amide bonds. The highest BCUT2D eigenvalue weighted by atomic mass is 16.4. The van der Waals surface area contributed by atoms with E-state index < -0.39 is 12.0 Å². The van der Waals surface area contributed by atoms with Crippen LogP contribution in [-0.2, 0) is 4.79 Å². The monoisotopic (exact) mass is 282 g/mol. The average molecular weight is 282 g/mol. The molecular formula is C15H26N2O3. The summed E-state index contributed by atoms with van der Waals surface area (Å²) in [4.78, 5) is 22.7. The number of nitrogens with one attached hydrogen (secondary N) is 2. The lowest BCUT2D eigenvalue weighted by Crippen LogP contribution is -2.47. The molecule has 0 aromatic heterocycles. The minimum Gasteiger partial charge on any atom is -0.481 e. The Kier molecular flexibility index (Phi) is 7.75. The van der Waals surface area contributed by atoms with Crippen molar-refractivity contribution in [1.29, 1.82) is 0 Å². The highest BCUT2D eigenvalue weighted by Gasteiger charge is 2.23. The zero-order valence-electron chi connectivity index (χ0n) is 12.8. The molecule has 0 aliphatic heterocycles. The smallest absolute Gasteiger partial charge is 0.315 e. The van der Waals surface area contributed by atoms with Crippen molar-refractivity contribution in [1.82, 2.24) is 10.6 Å². The lowest BCUT2D eigenvalue weighted by atomic mass is 9.87. The first kappa shape index (κ1) is 18.3. The molecule has 0 saturated heterocycles. The summed E-state index contributed by atoms with van der Waals surface area (Å²) in [7, 11) is 0. The van der Waals surface area contributed by atoms with Crippen molar-refractivity contribution in [2.24, 2.45) is 5.41 Å². The highest BCUT2D eigenvalue weighted by Crippen LogP contribution is 2.22. The second kappa shape index (κ2) is 8.47. The summed E-state index contributed by atoms with van der Waals surface area (Å²) in [6.45, 7) is 7.96. The third-order valence-electron chi connectivity index (χ3n) is 2.81. The molecule has 2 atom stereocenters. The predicted octanol–water partition coefficient (Wildman–Crippen LogP) is 2.37. The van der Waals surface area contributed by atoms with E-state index in [2.05, 4.69) is 16.6 Å². The summed E-state index contributed by atoms with van der Waals surface area (Å²) in [6.07, 6.45) is 6.94. The largest absolute Gasteiger partial charge is 0.481 e. The Morgan fingerprint density at radius 1 is 1.25 bits per heavy atom. The fraction of sp³-hybridized carbons (Fsp3) is 0.733. The molecule has 0 aromatic rings. The maximum atomic E-state index is 11.9. The van der Waals surface area contributed by atoms with Gasteiger partial charge in [0.2, 0.25) is 0 Å². The molecule has 114 valence electrons. The van der Waals surface area contributed by atoms with Gasteiger partial charge in [-0.1, -0.05) is 27.7 Å². The molecular weight excluding hydrogens is 256 g/mol. The van der Waals surface area contributed by atoms with Gasteiger partial charge in [-0.15, -0.1) is 12.3 Å². The molecule has 0 aromatic carbocycles. The molecule has 0 radical (unpaired) electrons. The number of urea groups is 1. The number of carbonyl (C=O) groups excluding carboxylic acids is 1. The SMILES string of the molecule is C#CCC(CC)NC(=O)NC(CC(=O)O)CC(C)(C)C. The van der Waals surface area contributed by atoms with Crippen LogP contribution in [0.5, 0.6) is 0 Å². The second-order valence-electron chi connectivity index (χ2n) is 6.19. The molecule has 3 N–H and O–H groups in total. The topological polar surface area (TPSA) is 78.4 Å². The summed E-state index contributed by atoms with van der Waals surface area (Å²) in [6, 6.07) is -0.835. The van der Waals surface area contributed by atoms with Gasteiger partial charge >= 0.3 is 12.0 Å². The maximum Gasteiger partial charge on any atom is 0.315 e. The van der Waals surface area contributed by atoms with Crippen LogP contribution in [0.4, 0.5) is 4.79 Å². The van der Waals surface area contributed by atoms with Gasteiger partial charge in [0.15, 0.2) is 0 Å². The molecule has 0 aliphatic rings. The van der Waals surface area contributed by atoms with Crippen LogP contribution >= 0.6 is 0 Å². The number of carboxylic acid groups (broad SMARTS) is 1. The number of hydrogen-bond acceptors (Lipinski definition) is 2. The zero-order valence-corrected chi connectivity index (χ0v) is 12.8. The van der Waals surface area contributed by atoms with Crippen molar-refractivity contribution < 1.29 is 14.7 Å². The molecule has 0 fully saturated rings. The number of carbonyl (C=O) groups is 2. The van der Waals surface area contributed by atoms with Crippen LogP contribution in [0.2, 0.25) is 0 Å². The number of carboxylic acids is 1. The standard InChI is InChI=1S/C15H26N2O3/c1-6-8-11(7-2)16-14(20)17-12(9-13(18)19)10-15(3,4)5/h1,11-12H,7-10H2,2-5H3,(H,18,19)(H2,16,17,20). The van der Waals surface area contributed by atoms with Gasteiger partial charge in [0.05, 0.1) is 6.42 Å². The Bertz CT molecular complexity index is 366. The van der Waals surface area contributed by atoms with E-state index in [4.69, 9.17) is 11.5 Å². The van der Waals surface area contributed by atoms with Crippen LogP contribution in [0.15, 0.2) is 0 Å². The Morgan fingerprint density at radius 2 is 1.80 bits per heavy atom. The Morgan fingerprint density at radius 3 is 2.20 bits per heavy atom. The fourth-order valence-electron chi connectivity index (χ4n) is 1.98. The third-order valence-corrected chi connectivity index (χ3v) is 2.81. The van der Waals surface area contributed by atoms with E-state index in [1.807, 2.05) is 27.7 Å². The van der Waals surface area contributed by atoms with Crippen molar-refractivity contribution in [2.75, 3.05) is 0 Å². The van der Waals surface area contributed by atoms with Gasteiger partial charge in [-0.25, -0.2) is 4.79 Å². The van der Waals surface area contributed by atoms with E-state index in [9.17, 15) is 9.59 Å². The Labute approximate surface area is 121 Å². The van der Waals surface area contributed by atoms with Gasteiger partial charge in [0.1, 0.15) is 0 Å². The van der Waals surface area contributed by atoms with Gasteiger partial charge in [0.25, 0.3) is 0 Å². The molecule has 0 aliphatic carbocycles. The summed E-state index contributed by atoms with van der Waals surface area (Å²) in [5.74, 6) is 1.59. The first-order valence-electron chi connectivity index (χ1n) is 6.90. The van der Waals surface area contributed by atoms with E-state index in [0.717, 1.165) is 6.42 Å². The van der Waals surface area contributed by atoms with E-state index in [1.165, 1.54) is 0 Å². The summed E-state index contributed by atoms with van der Waals surface area (Å²) in [5.41, 5.74) is -0.0592. The minimum absolute atomic E-state index is 0.0592. The molecule has 0 bridgehead atoms. The summed E-state index contributed by atoms with van der Waals surface area (Å²) >= 11 is 0. The normalized spacial score (nSPS) is 13.9. The third kappa shape index (κ3) is 9.26. The summed E-state index contributed by atoms with van der Waals surface area (Å²) in [5, 5.41) is 14.4. The molecule has 0 saturated carbocycles. The lowest BCUT2D eigenvalue weighted by molar-refractivity contribution is -0.137. The predicted molar refractivity (Wildman–Crippen MR) is 79.3 cm³/mol.